The summed E-state index contributed by atoms with van der Waals surface area (Å²) in [5, 5.41) is 3.10. The molecule has 88 valence electrons. The van der Waals surface area contributed by atoms with Crippen molar-refractivity contribution in [3.05, 3.63) is 0 Å². The molecule has 1 saturated heterocycles. The summed E-state index contributed by atoms with van der Waals surface area (Å²) in [7, 11) is 0. The summed E-state index contributed by atoms with van der Waals surface area (Å²) in [6, 6.07) is 0.785. The van der Waals surface area contributed by atoms with Crippen LogP contribution >= 0.6 is 11.8 Å². The van der Waals surface area contributed by atoms with E-state index in [-0.39, 0.29) is 17.2 Å². The van der Waals surface area contributed by atoms with Gasteiger partial charge in [0.05, 0.1) is 5.25 Å². The zero-order chi connectivity index (χ0) is 11.4. The van der Waals surface area contributed by atoms with Crippen LogP contribution in [0.25, 0.3) is 0 Å². The van der Waals surface area contributed by atoms with Crippen LogP contribution in [0.5, 0.6) is 0 Å². The highest BCUT2D eigenvalue weighted by molar-refractivity contribution is 8.00. The molecule has 0 spiro atoms. The zero-order valence-corrected chi connectivity index (χ0v) is 10.9. The van der Waals surface area contributed by atoms with Crippen molar-refractivity contribution in [1.82, 2.24) is 10.2 Å². The molecule has 1 rings (SSSR count). The Kier molecular flexibility index (Phi) is 4.93. The molecule has 0 bridgehead atoms. The van der Waals surface area contributed by atoms with Crippen molar-refractivity contribution < 1.29 is 4.79 Å². The second kappa shape index (κ2) is 5.75. The Bertz CT molecular complexity index is 219. The first kappa shape index (κ1) is 12.8. The van der Waals surface area contributed by atoms with Gasteiger partial charge in [-0.05, 0) is 27.7 Å². The number of hydrogen-bond acceptors (Lipinski definition) is 3. The van der Waals surface area contributed by atoms with Gasteiger partial charge in [-0.2, -0.15) is 0 Å². The molecule has 0 aromatic carbocycles. The minimum atomic E-state index is 0.114. The maximum absolute atomic E-state index is 11.8. The molecule has 1 fully saturated rings. The highest BCUT2D eigenvalue weighted by atomic mass is 32.2. The van der Waals surface area contributed by atoms with Crippen molar-refractivity contribution in [2.75, 3.05) is 18.8 Å². The molecular formula is C11H22N2OS. The molecule has 0 aromatic heterocycles. The third kappa shape index (κ3) is 4.03. The fourth-order valence-corrected chi connectivity index (χ4v) is 2.82. The second-order valence-electron chi connectivity index (χ2n) is 4.61. The minimum absolute atomic E-state index is 0.114. The average molecular weight is 230 g/mol. The predicted molar refractivity (Wildman–Crippen MR) is 66.2 cm³/mol. The average Bonchev–Trinajstić information content (AvgIpc) is 2.17. The number of carbonyl (C=O) groups excluding carboxylic acids is 1. The van der Waals surface area contributed by atoms with E-state index < -0.39 is 0 Å². The molecule has 1 amide bonds. The number of rotatable bonds is 3. The first-order valence-corrected chi connectivity index (χ1v) is 6.71. The number of nitrogens with one attached hydrogen (secondary N) is 1. The molecule has 1 heterocycles. The second-order valence-corrected chi connectivity index (χ2v) is 5.92. The van der Waals surface area contributed by atoms with E-state index in [2.05, 4.69) is 24.1 Å². The molecule has 1 atom stereocenters. The van der Waals surface area contributed by atoms with Crippen LogP contribution in [0.4, 0.5) is 0 Å². The number of nitrogens with zero attached hydrogens (tertiary/aromatic N) is 1. The lowest BCUT2D eigenvalue weighted by molar-refractivity contribution is -0.121. The summed E-state index contributed by atoms with van der Waals surface area (Å²) < 4.78 is 0. The van der Waals surface area contributed by atoms with Crippen molar-refractivity contribution in [2.24, 2.45) is 0 Å². The van der Waals surface area contributed by atoms with Crippen LogP contribution in [0.1, 0.15) is 27.7 Å². The van der Waals surface area contributed by atoms with Crippen LogP contribution in [-0.2, 0) is 4.79 Å². The largest absolute Gasteiger partial charge is 0.353 e. The quantitative estimate of drug-likeness (QED) is 0.794. The topological polar surface area (TPSA) is 32.3 Å². The predicted octanol–water partition coefficient (Wildman–Crippen LogP) is 1.34. The summed E-state index contributed by atoms with van der Waals surface area (Å²) in [5.41, 5.74) is 0. The van der Waals surface area contributed by atoms with E-state index in [1.807, 2.05) is 13.8 Å². The van der Waals surface area contributed by atoms with Crippen LogP contribution in [0.2, 0.25) is 0 Å². The van der Waals surface area contributed by atoms with Gasteiger partial charge in [0.1, 0.15) is 0 Å². The summed E-state index contributed by atoms with van der Waals surface area (Å²) in [5.74, 6) is 1.26. The van der Waals surface area contributed by atoms with Crippen molar-refractivity contribution in [3.63, 3.8) is 0 Å². The van der Waals surface area contributed by atoms with E-state index in [4.69, 9.17) is 0 Å². The number of amides is 1. The Hall–Kier alpha value is -0.220. The lowest BCUT2D eigenvalue weighted by Gasteiger charge is -2.34. The van der Waals surface area contributed by atoms with Crippen LogP contribution in [-0.4, -0.2) is 47.0 Å². The van der Waals surface area contributed by atoms with Crippen LogP contribution < -0.4 is 5.32 Å². The van der Waals surface area contributed by atoms with Gasteiger partial charge in [0.2, 0.25) is 5.91 Å². The van der Waals surface area contributed by atoms with Crippen molar-refractivity contribution >= 4 is 17.7 Å². The smallest absolute Gasteiger partial charge is 0.234 e. The first-order valence-electron chi connectivity index (χ1n) is 5.66. The third-order valence-corrected chi connectivity index (χ3v) is 3.74. The highest BCUT2D eigenvalue weighted by Gasteiger charge is 2.27. The maximum Gasteiger partial charge on any atom is 0.234 e. The van der Waals surface area contributed by atoms with Gasteiger partial charge in [-0.15, -0.1) is 11.8 Å². The normalized spacial score (nSPS) is 23.5. The molecule has 0 saturated carbocycles. The number of thioether (sulfide) groups is 1. The van der Waals surface area contributed by atoms with Gasteiger partial charge in [0, 0.05) is 30.9 Å². The van der Waals surface area contributed by atoms with E-state index >= 15 is 0 Å². The van der Waals surface area contributed by atoms with Gasteiger partial charge in [0.25, 0.3) is 0 Å². The van der Waals surface area contributed by atoms with E-state index in [9.17, 15) is 4.79 Å². The zero-order valence-electron chi connectivity index (χ0n) is 10.1. The standard InChI is InChI=1S/C11H22N2OS/c1-8(2)12-11(14)10-7-13(9(3)4)5-6-15-10/h8-10H,5-7H2,1-4H3,(H,12,14)/t10-/m1/s1. The molecular weight excluding hydrogens is 208 g/mol. The summed E-state index contributed by atoms with van der Waals surface area (Å²) in [4.78, 5) is 14.2. The molecule has 3 nitrogen and oxygen atoms in total. The van der Waals surface area contributed by atoms with Crippen molar-refractivity contribution in [3.8, 4) is 0 Å². The number of carbonyl (C=O) groups is 1. The Balaban J connectivity index is 2.45. The Morgan fingerprint density at radius 2 is 2.07 bits per heavy atom. The highest BCUT2D eigenvalue weighted by Crippen LogP contribution is 2.20. The summed E-state index contributed by atoms with van der Waals surface area (Å²) >= 11 is 1.78. The van der Waals surface area contributed by atoms with Gasteiger partial charge >= 0.3 is 0 Å². The van der Waals surface area contributed by atoms with Gasteiger partial charge in [-0.1, -0.05) is 0 Å². The molecule has 1 aliphatic heterocycles. The molecule has 15 heavy (non-hydrogen) atoms. The lowest BCUT2D eigenvalue weighted by atomic mass is 10.2. The monoisotopic (exact) mass is 230 g/mol. The van der Waals surface area contributed by atoms with E-state index in [1.165, 1.54) is 0 Å². The molecule has 0 radical (unpaired) electrons. The van der Waals surface area contributed by atoms with Crippen molar-refractivity contribution in [1.29, 1.82) is 0 Å². The number of hydrogen-bond donors (Lipinski definition) is 1. The molecule has 4 heteroatoms. The fraction of sp³-hybridized carbons (Fsp3) is 0.909. The van der Waals surface area contributed by atoms with Crippen LogP contribution in [0, 0.1) is 0 Å². The summed E-state index contributed by atoms with van der Waals surface area (Å²) in [6.07, 6.45) is 0. The Morgan fingerprint density at radius 1 is 1.40 bits per heavy atom. The van der Waals surface area contributed by atoms with Crippen molar-refractivity contribution in [2.45, 2.75) is 45.0 Å². The van der Waals surface area contributed by atoms with E-state index in [1.54, 1.807) is 11.8 Å². The van der Waals surface area contributed by atoms with Crippen LogP contribution in [0.3, 0.4) is 0 Å². The first-order chi connectivity index (χ1) is 7.00. The van der Waals surface area contributed by atoms with Gasteiger partial charge in [0.15, 0.2) is 0 Å². The summed E-state index contributed by atoms with van der Waals surface area (Å²) in [6.45, 7) is 10.4. The van der Waals surface area contributed by atoms with Gasteiger partial charge < -0.3 is 5.32 Å². The minimum Gasteiger partial charge on any atom is -0.353 e. The molecule has 1 N–H and O–H groups in total. The van der Waals surface area contributed by atoms with Crippen LogP contribution in [0.15, 0.2) is 0 Å². The SMILES string of the molecule is CC(C)NC(=O)[C@H]1CN(C(C)C)CCS1. The lowest BCUT2D eigenvalue weighted by Crippen LogP contribution is -2.49. The Morgan fingerprint density at radius 3 is 2.60 bits per heavy atom. The fourth-order valence-electron chi connectivity index (χ4n) is 1.67. The molecule has 0 aliphatic carbocycles. The van der Waals surface area contributed by atoms with Gasteiger partial charge in [-0.25, -0.2) is 0 Å². The molecule has 1 aliphatic rings. The van der Waals surface area contributed by atoms with Gasteiger partial charge in [-0.3, -0.25) is 9.69 Å². The Labute approximate surface area is 97.0 Å². The van der Waals surface area contributed by atoms with E-state index in [0.29, 0.717) is 6.04 Å². The van der Waals surface area contributed by atoms with E-state index in [0.717, 1.165) is 18.8 Å². The third-order valence-electron chi connectivity index (χ3n) is 2.55. The maximum atomic E-state index is 11.8. The molecule has 0 aromatic rings. The molecule has 0 unspecified atom stereocenters.